The van der Waals surface area contributed by atoms with Crippen LogP contribution in [0.15, 0.2) is 30.3 Å². The van der Waals surface area contributed by atoms with Gasteiger partial charge in [0.1, 0.15) is 23.0 Å². The zero-order valence-electron chi connectivity index (χ0n) is 19.6. The summed E-state index contributed by atoms with van der Waals surface area (Å²) in [5.74, 6) is 2.30. The first kappa shape index (κ1) is 24.6. The zero-order chi connectivity index (χ0) is 22.6. The molecular formula is C26H36O5. The Morgan fingerprint density at radius 1 is 0.645 bits per heavy atom. The summed E-state index contributed by atoms with van der Waals surface area (Å²) in [5.41, 5.74) is 1.88. The number of ether oxygens (including phenoxy) is 4. The maximum absolute atomic E-state index is 13.7. The van der Waals surface area contributed by atoms with Gasteiger partial charge >= 0.3 is 0 Å². The van der Waals surface area contributed by atoms with Crippen molar-refractivity contribution in [3.05, 3.63) is 47.0 Å². The van der Waals surface area contributed by atoms with Crippen molar-refractivity contribution in [2.75, 3.05) is 26.4 Å². The van der Waals surface area contributed by atoms with E-state index in [1.165, 1.54) is 0 Å². The van der Waals surface area contributed by atoms with Crippen LogP contribution >= 0.6 is 0 Å². The van der Waals surface area contributed by atoms with E-state index in [0.29, 0.717) is 60.6 Å². The monoisotopic (exact) mass is 428 g/mol. The fourth-order valence-corrected chi connectivity index (χ4v) is 3.02. The highest BCUT2D eigenvalue weighted by Gasteiger charge is 2.22. The van der Waals surface area contributed by atoms with Crippen LogP contribution in [-0.4, -0.2) is 32.2 Å². The summed E-state index contributed by atoms with van der Waals surface area (Å²) < 4.78 is 23.5. The predicted molar refractivity (Wildman–Crippen MR) is 124 cm³/mol. The molecule has 0 heterocycles. The van der Waals surface area contributed by atoms with Gasteiger partial charge in [-0.2, -0.15) is 0 Å². The first-order valence-electron chi connectivity index (χ1n) is 11.4. The minimum absolute atomic E-state index is 0.166. The SMILES string of the molecule is CCCOc1ccc(OCCC)c(C(=O)c2cc(OCCC)c(C)cc2OCCC)c1. The average molecular weight is 429 g/mol. The third kappa shape index (κ3) is 6.91. The summed E-state index contributed by atoms with van der Waals surface area (Å²) in [6, 6.07) is 9.10. The van der Waals surface area contributed by atoms with Crippen LogP contribution in [0.25, 0.3) is 0 Å². The Hall–Kier alpha value is -2.69. The van der Waals surface area contributed by atoms with Crippen molar-refractivity contribution in [3.63, 3.8) is 0 Å². The topological polar surface area (TPSA) is 54.0 Å². The molecule has 0 saturated heterocycles. The number of hydrogen-bond acceptors (Lipinski definition) is 5. The molecule has 0 aliphatic carbocycles. The summed E-state index contributed by atoms with van der Waals surface area (Å²) in [5, 5.41) is 0. The molecule has 0 aliphatic rings. The highest BCUT2D eigenvalue weighted by molar-refractivity contribution is 6.12. The lowest BCUT2D eigenvalue weighted by Crippen LogP contribution is -2.11. The molecule has 0 aliphatic heterocycles. The number of rotatable bonds is 14. The highest BCUT2D eigenvalue weighted by Crippen LogP contribution is 2.34. The Kier molecular flexibility index (Phi) is 10.2. The van der Waals surface area contributed by atoms with E-state index >= 15 is 0 Å². The van der Waals surface area contributed by atoms with Gasteiger partial charge in [0, 0.05) is 0 Å². The molecule has 0 aromatic heterocycles. The Balaban J connectivity index is 2.52. The molecular weight excluding hydrogens is 392 g/mol. The number of carbonyl (C=O) groups is 1. The first-order valence-corrected chi connectivity index (χ1v) is 11.4. The van der Waals surface area contributed by atoms with Crippen molar-refractivity contribution in [3.8, 4) is 23.0 Å². The van der Waals surface area contributed by atoms with Crippen molar-refractivity contribution in [1.82, 2.24) is 0 Å². The second-order valence-electron chi connectivity index (χ2n) is 7.49. The van der Waals surface area contributed by atoms with Crippen molar-refractivity contribution in [1.29, 1.82) is 0 Å². The molecule has 5 nitrogen and oxygen atoms in total. The predicted octanol–water partition coefficient (Wildman–Crippen LogP) is 6.38. The lowest BCUT2D eigenvalue weighted by molar-refractivity contribution is 0.103. The van der Waals surface area contributed by atoms with Crippen molar-refractivity contribution < 1.29 is 23.7 Å². The summed E-state index contributed by atoms with van der Waals surface area (Å²) in [7, 11) is 0. The molecule has 0 N–H and O–H groups in total. The van der Waals surface area contributed by atoms with Gasteiger partial charge in [-0.15, -0.1) is 0 Å². The highest BCUT2D eigenvalue weighted by atomic mass is 16.5. The Morgan fingerprint density at radius 2 is 1.16 bits per heavy atom. The maximum Gasteiger partial charge on any atom is 0.200 e. The molecule has 2 aromatic carbocycles. The van der Waals surface area contributed by atoms with Gasteiger partial charge in [-0.05, 0) is 68.5 Å². The third-order valence-electron chi connectivity index (χ3n) is 4.58. The Bertz CT molecular complexity index is 844. The van der Waals surface area contributed by atoms with E-state index in [0.717, 1.165) is 31.2 Å². The molecule has 0 spiro atoms. The molecule has 170 valence electrons. The number of hydrogen-bond donors (Lipinski definition) is 0. The minimum atomic E-state index is -0.166. The number of aryl methyl sites for hydroxylation is 1. The minimum Gasteiger partial charge on any atom is -0.494 e. The Morgan fingerprint density at radius 3 is 1.77 bits per heavy atom. The smallest absolute Gasteiger partial charge is 0.200 e. The molecule has 31 heavy (non-hydrogen) atoms. The van der Waals surface area contributed by atoms with Crippen LogP contribution in [0.1, 0.15) is 74.9 Å². The van der Waals surface area contributed by atoms with Crippen LogP contribution < -0.4 is 18.9 Å². The van der Waals surface area contributed by atoms with Crippen LogP contribution in [0.3, 0.4) is 0 Å². The molecule has 0 saturated carbocycles. The lowest BCUT2D eigenvalue weighted by Gasteiger charge is -2.17. The maximum atomic E-state index is 13.7. The quantitative estimate of drug-likeness (QED) is 0.327. The summed E-state index contributed by atoms with van der Waals surface area (Å²) in [6.07, 6.45) is 3.49. The molecule has 0 radical (unpaired) electrons. The van der Waals surface area contributed by atoms with E-state index in [4.69, 9.17) is 18.9 Å². The van der Waals surface area contributed by atoms with Gasteiger partial charge in [-0.3, -0.25) is 4.79 Å². The number of benzene rings is 2. The van der Waals surface area contributed by atoms with Crippen LogP contribution in [0.4, 0.5) is 0 Å². The second-order valence-corrected chi connectivity index (χ2v) is 7.49. The number of ketones is 1. The number of carbonyl (C=O) groups excluding carboxylic acids is 1. The molecule has 5 heteroatoms. The summed E-state index contributed by atoms with van der Waals surface area (Å²) >= 11 is 0. The van der Waals surface area contributed by atoms with Crippen LogP contribution in [0.2, 0.25) is 0 Å². The van der Waals surface area contributed by atoms with Gasteiger partial charge in [0.2, 0.25) is 5.78 Å². The fourth-order valence-electron chi connectivity index (χ4n) is 3.02. The zero-order valence-corrected chi connectivity index (χ0v) is 19.6. The van der Waals surface area contributed by atoms with Crippen molar-refractivity contribution >= 4 is 5.78 Å². The third-order valence-corrected chi connectivity index (χ3v) is 4.58. The summed E-state index contributed by atoms with van der Waals surface area (Å²) in [4.78, 5) is 13.7. The first-order chi connectivity index (χ1) is 15.0. The van der Waals surface area contributed by atoms with Gasteiger partial charge < -0.3 is 18.9 Å². The normalized spacial score (nSPS) is 10.6. The van der Waals surface area contributed by atoms with Crippen molar-refractivity contribution in [2.24, 2.45) is 0 Å². The van der Waals surface area contributed by atoms with Gasteiger partial charge in [0.25, 0.3) is 0 Å². The van der Waals surface area contributed by atoms with Crippen LogP contribution in [0, 0.1) is 6.92 Å². The van der Waals surface area contributed by atoms with E-state index < -0.39 is 0 Å². The fraction of sp³-hybridized carbons (Fsp3) is 0.500. The second kappa shape index (κ2) is 12.9. The Labute approximate surface area is 186 Å². The molecule has 0 bridgehead atoms. The summed E-state index contributed by atoms with van der Waals surface area (Å²) in [6.45, 7) is 12.4. The molecule has 0 amide bonds. The largest absolute Gasteiger partial charge is 0.494 e. The lowest BCUT2D eigenvalue weighted by atomic mass is 9.99. The van der Waals surface area contributed by atoms with Gasteiger partial charge in [-0.1, -0.05) is 27.7 Å². The molecule has 2 aromatic rings. The van der Waals surface area contributed by atoms with E-state index in [2.05, 4.69) is 6.92 Å². The molecule has 0 fully saturated rings. The molecule has 2 rings (SSSR count). The molecule has 0 atom stereocenters. The average Bonchev–Trinajstić information content (AvgIpc) is 2.79. The molecule has 0 unspecified atom stereocenters. The van der Waals surface area contributed by atoms with Crippen LogP contribution in [0.5, 0.6) is 23.0 Å². The van der Waals surface area contributed by atoms with E-state index in [1.807, 2.05) is 45.9 Å². The van der Waals surface area contributed by atoms with Crippen LogP contribution in [-0.2, 0) is 0 Å². The van der Waals surface area contributed by atoms with E-state index in [1.54, 1.807) is 12.1 Å². The van der Waals surface area contributed by atoms with Gasteiger partial charge in [0.05, 0.1) is 37.6 Å². The standard InChI is InChI=1S/C26H36O5/c1-6-12-28-20-10-11-23(29-13-7-2)21(17-20)26(27)22-18-24(30-14-8-3)19(5)16-25(22)31-15-9-4/h10-11,16-18H,6-9,12-15H2,1-5H3. The van der Waals surface area contributed by atoms with Crippen molar-refractivity contribution in [2.45, 2.75) is 60.3 Å². The van der Waals surface area contributed by atoms with Gasteiger partial charge in [0.15, 0.2) is 0 Å². The van der Waals surface area contributed by atoms with E-state index in [-0.39, 0.29) is 5.78 Å². The van der Waals surface area contributed by atoms with E-state index in [9.17, 15) is 4.79 Å². The van der Waals surface area contributed by atoms with Gasteiger partial charge in [-0.25, -0.2) is 0 Å².